The topological polar surface area (TPSA) is 64.6 Å². The summed E-state index contributed by atoms with van der Waals surface area (Å²) in [5.74, 6) is -0.891. The third kappa shape index (κ3) is 9.18. The van der Waals surface area contributed by atoms with Crippen molar-refractivity contribution in [3.05, 3.63) is 0 Å². The Morgan fingerprint density at radius 2 is 1.67 bits per heavy atom. The molecule has 0 aliphatic carbocycles. The molecule has 0 aromatic rings. The van der Waals surface area contributed by atoms with Crippen LogP contribution in [-0.4, -0.2) is 40.3 Å². The Labute approximate surface area is 157 Å². The highest BCUT2D eigenvalue weighted by Crippen LogP contribution is 2.32. The van der Waals surface area contributed by atoms with Crippen LogP contribution in [0.3, 0.4) is 0 Å². The van der Waals surface area contributed by atoms with Gasteiger partial charge in [-0.25, -0.2) is 0 Å². The molecule has 5 nitrogen and oxygen atoms in total. The van der Waals surface area contributed by atoms with Crippen LogP contribution >= 0.6 is 25.3 Å². The van der Waals surface area contributed by atoms with Gasteiger partial charge in [-0.15, -0.1) is 0 Å². The molecule has 0 radical (unpaired) electrons. The highest BCUT2D eigenvalue weighted by Gasteiger charge is 2.40. The second-order valence-electron chi connectivity index (χ2n) is 6.94. The van der Waals surface area contributed by atoms with E-state index in [4.69, 9.17) is 9.47 Å². The van der Waals surface area contributed by atoms with E-state index in [2.05, 4.69) is 37.5 Å². The molecule has 0 fully saturated rings. The average Bonchev–Trinajstić information content (AvgIpc) is 2.42. The molecular formula is C17H33NO4S2. The fraction of sp³-hybridized carbons (Fsp3) is 0.882. The summed E-state index contributed by atoms with van der Waals surface area (Å²) in [7, 11) is 0. The van der Waals surface area contributed by atoms with Crippen LogP contribution in [-0.2, 0) is 19.1 Å². The third-order valence-electron chi connectivity index (χ3n) is 3.31. The largest absolute Gasteiger partial charge is 0.465 e. The number of hydrogen-bond donors (Lipinski definition) is 3. The van der Waals surface area contributed by atoms with Gasteiger partial charge in [-0.05, 0) is 41.0 Å². The number of rotatable bonds is 10. The molecule has 2 atom stereocenters. The summed E-state index contributed by atoms with van der Waals surface area (Å²) in [4.78, 5) is 24.5. The quantitative estimate of drug-likeness (QED) is 0.235. The van der Waals surface area contributed by atoms with E-state index in [0.29, 0.717) is 6.42 Å². The van der Waals surface area contributed by atoms with Gasteiger partial charge in [-0.1, -0.05) is 26.2 Å². The fourth-order valence-electron chi connectivity index (χ4n) is 2.10. The van der Waals surface area contributed by atoms with Crippen molar-refractivity contribution in [1.29, 1.82) is 0 Å². The highest BCUT2D eigenvalue weighted by atomic mass is 32.2. The van der Waals surface area contributed by atoms with Crippen molar-refractivity contribution in [3.63, 3.8) is 0 Å². The monoisotopic (exact) mass is 379 g/mol. The Balaban J connectivity index is 5.07. The van der Waals surface area contributed by atoms with Gasteiger partial charge in [0.2, 0.25) is 0 Å². The standard InChI is InChI=1S/C17H33NO4S2/c1-7-9-10-11-17(23,24)13(15(20)21-8-2)18-12(3)14(19)22-16(4,5)6/h12-13,18,23-24H,7-11H2,1-6H3/t12-,13+/m0/s1. The number of hydrogen-bond acceptors (Lipinski definition) is 7. The first-order chi connectivity index (χ1) is 10.9. The van der Waals surface area contributed by atoms with Crippen molar-refractivity contribution < 1.29 is 19.1 Å². The Bertz CT molecular complexity index is 408. The maximum Gasteiger partial charge on any atom is 0.325 e. The minimum absolute atomic E-state index is 0.254. The van der Waals surface area contributed by atoms with Crippen molar-refractivity contribution in [3.8, 4) is 0 Å². The van der Waals surface area contributed by atoms with Gasteiger partial charge >= 0.3 is 11.9 Å². The number of unbranched alkanes of at least 4 members (excludes halogenated alkanes) is 2. The molecule has 0 aromatic carbocycles. The van der Waals surface area contributed by atoms with Gasteiger partial charge in [0.15, 0.2) is 0 Å². The Kier molecular flexibility index (Phi) is 10.4. The minimum atomic E-state index is -0.919. The van der Waals surface area contributed by atoms with E-state index in [9.17, 15) is 9.59 Å². The van der Waals surface area contributed by atoms with Crippen molar-refractivity contribution >= 4 is 37.2 Å². The minimum Gasteiger partial charge on any atom is -0.465 e. The molecule has 0 aliphatic rings. The molecule has 1 N–H and O–H groups in total. The van der Waals surface area contributed by atoms with E-state index in [1.165, 1.54) is 0 Å². The molecule has 0 unspecified atom stereocenters. The van der Waals surface area contributed by atoms with Gasteiger partial charge in [0, 0.05) is 0 Å². The maximum absolute atomic E-state index is 12.3. The summed E-state index contributed by atoms with van der Waals surface area (Å²) in [6, 6.07) is -1.49. The van der Waals surface area contributed by atoms with Crippen LogP contribution < -0.4 is 5.32 Å². The Morgan fingerprint density at radius 3 is 2.12 bits per heavy atom. The molecule has 142 valence electrons. The first-order valence-electron chi connectivity index (χ1n) is 8.55. The Morgan fingerprint density at radius 1 is 1.08 bits per heavy atom. The number of carbonyl (C=O) groups is 2. The van der Waals surface area contributed by atoms with Crippen LogP contribution in [0.4, 0.5) is 0 Å². The molecule has 0 rings (SSSR count). The van der Waals surface area contributed by atoms with Gasteiger partial charge in [-0.2, -0.15) is 25.3 Å². The van der Waals surface area contributed by atoms with Crippen LogP contribution in [0.5, 0.6) is 0 Å². The van der Waals surface area contributed by atoms with Crippen LogP contribution in [0, 0.1) is 0 Å². The lowest BCUT2D eigenvalue weighted by Gasteiger charge is -2.33. The number of ether oxygens (including phenoxy) is 2. The molecule has 0 saturated heterocycles. The lowest BCUT2D eigenvalue weighted by atomic mass is 10.0. The van der Waals surface area contributed by atoms with Crippen LogP contribution in [0.25, 0.3) is 0 Å². The van der Waals surface area contributed by atoms with Gasteiger partial charge in [-0.3, -0.25) is 14.9 Å². The second-order valence-corrected chi connectivity index (χ2v) is 8.89. The molecule has 24 heavy (non-hydrogen) atoms. The fourth-order valence-corrected chi connectivity index (χ4v) is 2.78. The lowest BCUT2D eigenvalue weighted by molar-refractivity contribution is -0.157. The summed E-state index contributed by atoms with van der Waals surface area (Å²) in [6.07, 6.45) is 3.59. The predicted molar refractivity (Wildman–Crippen MR) is 104 cm³/mol. The highest BCUT2D eigenvalue weighted by molar-refractivity contribution is 8.00. The second kappa shape index (κ2) is 10.6. The number of carbonyl (C=O) groups excluding carboxylic acids is 2. The normalized spacial score (nSPS) is 14.8. The summed E-state index contributed by atoms with van der Waals surface area (Å²) < 4.78 is 9.56. The number of nitrogens with one attached hydrogen (secondary N) is 1. The predicted octanol–water partition coefficient (Wildman–Crippen LogP) is 3.37. The maximum atomic E-state index is 12.3. The molecular weight excluding hydrogens is 346 g/mol. The van der Waals surface area contributed by atoms with E-state index in [-0.39, 0.29) is 6.61 Å². The van der Waals surface area contributed by atoms with Crippen LogP contribution in [0.2, 0.25) is 0 Å². The van der Waals surface area contributed by atoms with E-state index >= 15 is 0 Å². The van der Waals surface area contributed by atoms with Crippen molar-refractivity contribution in [2.45, 2.75) is 89.0 Å². The summed E-state index contributed by atoms with van der Waals surface area (Å²) >= 11 is 9.13. The smallest absolute Gasteiger partial charge is 0.325 e. The van der Waals surface area contributed by atoms with Crippen molar-refractivity contribution in [2.24, 2.45) is 0 Å². The Hall–Kier alpha value is -0.400. The van der Waals surface area contributed by atoms with E-state index < -0.39 is 33.7 Å². The van der Waals surface area contributed by atoms with Gasteiger partial charge in [0.05, 0.1) is 10.7 Å². The SMILES string of the molecule is CCCCCC(S)(S)[C@H](N[C@@H](C)C(=O)OC(C)(C)C)C(=O)OCC. The molecule has 7 heteroatoms. The van der Waals surface area contributed by atoms with Crippen molar-refractivity contribution in [1.82, 2.24) is 5.32 Å². The zero-order chi connectivity index (χ0) is 19.0. The van der Waals surface area contributed by atoms with Crippen LogP contribution in [0.1, 0.15) is 67.2 Å². The summed E-state index contributed by atoms with van der Waals surface area (Å²) in [6.45, 7) is 11.1. The van der Waals surface area contributed by atoms with Crippen molar-refractivity contribution in [2.75, 3.05) is 6.61 Å². The van der Waals surface area contributed by atoms with E-state index in [1.807, 2.05) is 0 Å². The lowest BCUT2D eigenvalue weighted by Crippen LogP contribution is -2.55. The molecule has 0 spiro atoms. The van der Waals surface area contributed by atoms with E-state index in [1.54, 1.807) is 34.6 Å². The molecule has 0 saturated carbocycles. The number of thiol groups is 2. The zero-order valence-electron chi connectivity index (χ0n) is 15.7. The zero-order valence-corrected chi connectivity index (χ0v) is 17.5. The van der Waals surface area contributed by atoms with Gasteiger partial charge in [0.25, 0.3) is 0 Å². The molecule has 0 amide bonds. The molecule has 0 aliphatic heterocycles. The summed E-state index contributed by atoms with van der Waals surface area (Å²) in [5.41, 5.74) is -0.591. The molecule has 0 bridgehead atoms. The average molecular weight is 380 g/mol. The number of esters is 2. The first kappa shape index (κ1) is 23.6. The molecule has 0 aromatic heterocycles. The third-order valence-corrected chi connectivity index (χ3v) is 4.27. The molecule has 0 heterocycles. The van der Waals surface area contributed by atoms with Gasteiger partial charge < -0.3 is 9.47 Å². The van der Waals surface area contributed by atoms with Crippen LogP contribution in [0.15, 0.2) is 0 Å². The first-order valence-corrected chi connectivity index (χ1v) is 9.44. The van der Waals surface area contributed by atoms with E-state index in [0.717, 1.165) is 19.3 Å². The summed E-state index contributed by atoms with van der Waals surface area (Å²) in [5, 5.41) is 2.99. The van der Waals surface area contributed by atoms with Gasteiger partial charge in [0.1, 0.15) is 17.7 Å².